The molecule has 2 heterocycles. The lowest BCUT2D eigenvalue weighted by Gasteiger charge is -2.33. The number of hydrogen-bond donors (Lipinski definition) is 0. The lowest BCUT2D eigenvalue weighted by atomic mass is 9.96. The minimum atomic E-state index is -3.47. The van der Waals surface area contributed by atoms with Gasteiger partial charge in [-0.2, -0.15) is 4.31 Å². The van der Waals surface area contributed by atoms with E-state index in [0.29, 0.717) is 30.8 Å². The average Bonchev–Trinajstić information content (AvgIpc) is 3.07. The highest BCUT2D eigenvalue weighted by Crippen LogP contribution is 2.29. The maximum absolute atomic E-state index is 13.1. The summed E-state index contributed by atoms with van der Waals surface area (Å²) in [5.41, 5.74) is 2.46. The summed E-state index contributed by atoms with van der Waals surface area (Å²) in [6.45, 7) is 4.41. The third kappa shape index (κ3) is 3.98. The summed E-state index contributed by atoms with van der Waals surface area (Å²) >= 11 is 0. The number of nitrogens with zero attached hydrogens (tertiary/aromatic N) is 3. The van der Waals surface area contributed by atoms with Gasteiger partial charge in [0.05, 0.1) is 4.90 Å². The van der Waals surface area contributed by atoms with Gasteiger partial charge in [0.25, 0.3) is 0 Å². The molecule has 28 heavy (non-hydrogen) atoms. The smallest absolute Gasteiger partial charge is 0.243 e. The van der Waals surface area contributed by atoms with Gasteiger partial charge in [-0.25, -0.2) is 8.42 Å². The largest absolute Gasteiger partial charge is 0.341 e. The van der Waals surface area contributed by atoms with Crippen LogP contribution in [0.1, 0.15) is 36.8 Å². The van der Waals surface area contributed by atoms with Crippen molar-refractivity contribution < 1.29 is 13.2 Å². The van der Waals surface area contributed by atoms with Gasteiger partial charge in [-0.3, -0.25) is 4.79 Å². The molecule has 0 radical (unpaired) electrons. The second-order valence-corrected chi connectivity index (χ2v) is 10.4. The van der Waals surface area contributed by atoms with E-state index in [1.165, 1.54) is 11.1 Å². The number of amides is 1. The van der Waals surface area contributed by atoms with Crippen LogP contribution in [0.15, 0.2) is 23.1 Å². The number of piperidine rings is 1. The second-order valence-electron chi connectivity index (χ2n) is 8.44. The van der Waals surface area contributed by atoms with Gasteiger partial charge in [-0.1, -0.05) is 6.07 Å². The quantitative estimate of drug-likeness (QED) is 0.769. The van der Waals surface area contributed by atoms with Gasteiger partial charge in [-0.15, -0.1) is 0 Å². The zero-order valence-electron chi connectivity index (χ0n) is 16.8. The molecule has 1 aromatic carbocycles. The van der Waals surface area contributed by atoms with E-state index < -0.39 is 10.0 Å². The Morgan fingerprint density at radius 2 is 1.68 bits per heavy atom. The molecule has 0 bridgehead atoms. The molecule has 154 valence electrons. The molecule has 2 aliphatic heterocycles. The molecule has 2 saturated heterocycles. The molecule has 4 rings (SSSR count). The van der Waals surface area contributed by atoms with E-state index in [2.05, 4.69) is 11.9 Å². The van der Waals surface area contributed by atoms with Gasteiger partial charge in [0.15, 0.2) is 0 Å². The first-order chi connectivity index (χ1) is 13.4. The Morgan fingerprint density at radius 3 is 2.46 bits per heavy atom. The second kappa shape index (κ2) is 8.13. The number of carbonyl (C=O) groups excluding carboxylic acids is 1. The van der Waals surface area contributed by atoms with Crippen LogP contribution in [-0.2, 0) is 27.7 Å². The van der Waals surface area contributed by atoms with Gasteiger partial charge in [0, 0.05) is 38.6 Å². The monoisotopic (exact) mass is 405 g/mol. The summed E-state index contributed by atoms with van der Waals surface area (Å²) in [6, 6.07) is 5.59. The molecule has 1 aliphatic carbocycles. The minimum Gasteiger partial charge on any atom is -0.341 e. The van der Waals surface area contributed by atoms with E-state index in [1.807, 2.05) is 17.0 Å². The first kappa shape index (κ1) is 19.9. The molecule has 0 spiro atoms. The number of benzene rings is 1. The molecular formula is C21H31N3O3S. The summed E-state index contributed by atoms with van der Waals surface area (Å²) in [5, 5.41) is 0. The topological polar surface area (TPSA) is 60.9 Å². The number of aryl methyl sites for hydroxylation is 2. The summed E-state index contributed by atoms with van der Waals surface area (Å²) < 4.78 is 27.7. The summed E-state index contributed by atoms with van der Waals surface area (Å²) in [5.74, 6) is 0.166. The van der Waals surface area contributed by atoms with Crippen molar-refractivity contribution >= 4 is 15.9 Å². The van der Waals surface area contributed by atoms with Crippen molar-refractivity contribution in [2.75, 3.05) is 46.3 Å². The molecule has 1 aromatic rings. The molecule has 3 aliphatic rings. The van der Waals surface area contributed by atoms with Gasteiger partial charge in [0.2, 0.25) is 15.9 Å². The minimum absolute atomic E-state index is 0.0464. The predicted octanol–water partition coefficient (Wildman–Crippen LogP) is 1.74. The van der Waals surface area contributed by atoms with E-state index in [9.17, 15) is 13.2 Å². The maximum Gasteiger partial charge on any atom is 0.243 e. The maximum atomic E-state index is 13.1. The predicted molar refractivity (Wildman–Crippen MR) is 109 cm³/mol. The number of carbonyl (C=O) groups is 1. The van der Waals surface area contributed by atoms with Gasteiger partial charge >= 0.3 is 0 Å². The van der Waals surface area contributed by atoms with Crippen LogP contribution in [0.3, 0.4) is 0 Å². The fraction of sp³-hybridized carbons (Fsp3) is 0.667. The molecule has 0 N–H and O–H groups in total. The molecule has 7 heteroatoms. The Morgan fingerprint density at radius 1 is 0.929 bits per heavy atom. The molecule has 0 aromatic heterocycles. The zero-order valence-corrected chi connectivity index (χ0v) is 17.6. The highest BCUT2D eigenvalue weighted by Gasteiger charge is 2.34. The van der Waals surface area contributed by atoms with Gasteiger partial charge < -0.3 is 9.80 Å². The van der Waals surface area contributed by atoms with Crippen molar-refractivity contribution in [2.24, 2.45) is 5.92 Å². The van der Waals surface area contributed by atoms with Crippen molar-refractivity contribution in [1.29, 1.82) is 0 Å². The van der Waals surface area contributed by atoms with Crippen molar-refractivity contribution in [3.05, 3.63) is 29.3 Å². The molecule has 0 atom stereocenters. The third-order valence-electron chi connectivity index (χ3n) is 6.54. The van der Waals surface area contributed by atoms with Crippen LogP contribution in [-0.4, -0.2) is 74.7 Å². The van der Waals surface area contributed by atoms with Crippen LogP contribution in [0, 0.1) is 5.92 Å². The molecule has 0 saturated carbocycles. The lowest BCUT2D eigenvalue weighted by Crippen LogP contribution is -2.45. The molecule has 0 unspecified atom stereocenters. The fourth-order valence-electron chi connectivity index (χ4n) is 4.73. The first-order valence-corrected chi connectivity index (χ1v) is 12.0. The molecule has 2 fully saturated rings. The highest BCUT2D eigenvalue weighted by atomic mass is 32.2. The Hall–Kier alpha value is -1.44. The van der Waals surface area contributed by atoms with Crippen molar-refractivity contribution in [3.8, 4) is 0 Å². The van der Waals surface area contributed by atoms with E-state index in [1.54, 1.807) is 10.4 Å². The SMILES string of the molecule is CN1CCCN(C(=O)C2CCN(S(=O)(=O)c3ccc4c(c3)CCC4)CC2)CC1. The summed E-state index contributed by atoms with van der Waals surface area (Å²) in [6.07, 6.45) is 5.38. The van der Waals surface area contributed by atoms with E-state index in [4.69, 9.17) is 0 Å². The van der Waals surface area contributed by atoms with E-state index >= 15 is 0 Å². The normalized spacial score (nSPS) is 22.8. The van der Waals surface area contributed by atoms with Crippen LogP contribution < -0.4 is 0 Å². The first-order valence-electron chi connectivity index (χ1n) is 10.5. The van der Waals surface area contributed by atoms with Crippen molar-refractivity contribution in [2.45, 2.75) is 43.4 Å². The Labute approximate surface area is 168 Å². The summed E-state index contributed by atoms with van der Waals surface area (Å²) in [7, 11) is -1.38. The van der Waals surface area contributed by atoms with Crippen LogP contribution in [0.4, 0.5) is 0 Å². The fourth-order valence-corrected chi connectivity index (χ4v) is 6.25. The Balaban J connectivity index is 1.38. The average molecular weight is 406 g/mol. The van der Waals surface area contributed by atoms with Crippen LogP contribution in [0.25, 0.3) is 0 Å². The van der Waals surface area contributed by atoms with Crippen LogP contribution >= 0.6 is 0 Å². The van der Waals surface area contributed by atoms with Crippen molar-refractivity contribution in [3.63, 3.8) is 0 Å². The number of rotatable bonds is 3. The number of likely N-dealkylation sites (N-methyl/N-ethyl adjacent to an activating group) is 1. The number of sulfonamides is 1. The van der Waals surface area contributed by atoms with Crippen LogP contribution in [0.5, 0.6) is 0 Å². The van der Waals surface area contributed by atoms with Gasteiger partial charge in [-0.05, 0) is 75.4 Å². The summed E-state index contributed by atoms with van der Waals surface area (Å²) in [4.78, 5) is 17.6. The zero-order chi connectivity index (χ0) is 19.7. The highest BCUT2D eigenvalue weighted by molar-refractivity contribution is 7.89. The number of hydrogen-bond acceptors (Lipinski definition) is 4. The Kier molecular flexibility index (Phi) is 5.76. The molecule has 1 amide bonds. The lowest BCUT2D eigenvalue weighted by molar-refractivity contribution is -0.136. The van der Waals surface area contributed by atoms with Crippen molar-refractivity contribution in [1.82, 2.24) is 14.1 Å². The van der Waals surface area contributed by atoms with Gasteiger partial charge in [0.1, 0.15) is 0 Å². The molecular weight excluding hydrogens is 374 g/mol. The van der Waals surface area contributed by atoms with E-state index in [-0.39, 0.29) is 11.8 Å². The molecule has 6 nitrogen and oxygen atoms in total. The Bertz CT molecular complexity index is 831. The van der Waals surface area contributed by atoms with E-state index in [0.717, 1.165) is 51.9 Å². The third-order valence-corrected chi connectivity index (χ3v) is 8.44. The standard InChI is InChI=1S/C21H31N3O3S/c1-22-10-3-11-23(15-14-22)21(25)18-8-12-24(13-9-18)28(26,27)20-7-6-17-4-2-5-19(17)16-20/h6-7,16,18H,2-5,8-15H2,1H3. The van der Waals surface area contributed by atoms with Crippen LogP contribution in [0.2, 0.25) is 0 Å². The number of fused-ring (bicyclic) bond motifs is 1.